The summed E-state index contributed by atoms with van der Waals surface area (Å²) in [6, 6.07) is 13.0. The number of benzene rings is 1. The van der Waals surface area contributed by atoms with Gasteiger partial charge < -0.3 is 14.6 Å². The lowest BCUT2D eigenvalue weighted by molar-refractivity contribution is -0.121. The minimum absolute atomic E-state index is 0.0947. The lowest BCUT2D eigenvalue weighted by atomic mass is 10.2. The maximum atomic E-state index is 11.9. The summed E-state index contributed by atoms with van der Waals surface area (Å²) >= 11 is 0. The molecule has 0 saturated heterocycles. The standard InChI is InChI=1S/C18H18N4O3/c1-24-15-8-3-2-7-14(15)18-21-17(25-22-18)10-9-16(23)20-12-13-6-4-5-11-19-13/h2-8,11H,9-10,12H2,1H3,(H,20,23). The molecule has 0 aliphatic carbocycles. The third kappa shape index (κ3) is 4.41. The molecule has 2 aromatic heterocycles. The molecular weight excluding hydrogens is 320 g/mol. The molecule has 0 atom stereocenters. The van der Waals surface area contributed by atoms with Crippen molar-refractivity contribution in [2.45, 2.75) is 19.4 Å². The van der Waals surface area contributed by atoms with Gasteiger partial charge in [0.1, 0.15) is 5.75 Å². The second kappa shape index (κ2) is 8.05. The first kappa shape index (κ1) is 16.6. The number of methoxy groups -OCH3 is 1. The molecule has 1 amide bonds. The van der Waals surface area contributed by atoms with Crippen LogP contribution in [0.25, 0.3) is 11.4 Å². The topological polar surface area (TPSA) is 90.1 Å². The van der Waals surface area contributed by atoms with Crippen molar-refractivity contribution in [2.24, 2.45) is 0 Å². The molecule has 0 aliphatic heterocycles. The lowest BCUT2D eigenvalue weighted by Gasteiger charge is -2.03. The Balaban J connectivity index is 1.54. The predicted octanol–water partition coefficient (Wildman–Crippen LogP) is 2.39. The highest BCUT2D eigenvalue weighted by Crippen LogP contribution is 2.27. The summed E-state index contributed by atoms with van der Waals surface area (Å²) in [4.78, 5) is 20.4. The van der Waals surface area contributed by atoms with Crippen LogP contribution in [0, 0.1) is 0 Å². The summed E-state index contributed by atoms with van der Waals surface area (Å²) in [5.41, 5.74) is 1.56. The highest BCUT2D eigenvalue weighted by molar-refractivity contribution is 5.76. The molecule has 0 aliphatic rings. The summed E-state index contributed by atoms with van der Waals surface area (Å²) in [6.07, 6.45) is 2.33. The highest BCUT2D eigenvalue weighted by atomic mass is 16.5. The minimum atomic E-state index is -0.0947. The number of hydrogen-bond acceptors (Lipinski definition) is 6. The number of carbonyl (C=O) groups is 1. The third-order valence-corrected chi connectivity index (χ3v) is 3.57. The zero-order valence-electron chi connectivity index (χ0n) is 13.8. The van der Waals surface area contributed by atoms with Gasteiger partial charge in [-0.25, -0.2) is 0 Å². The average Bonchev–Trinajstić information content (AvgIpc) is 3.14. The van der Waals surface area contributed by atoms with Gasteiger partial charge in [-0.15, -0.1) is 0 Å². The van der Waals surface area contributed by atoms with Crippen LogP contribution in [0.2, 0.25) is 0 Å². The van der Waals surface area contributed by atoms with E-state index in [1.54, 1.807) is 13.3 Å². The van der Waals surface area contributed by atoms with Crippen molar-refractivity contribution in [2.75, 3.05) is 7.11 Å². The van der Waals surface area contributed by atoms with E-state index in [4.69, 9.17) is 9.26 Å². The molecule has 0 spiro atoms. The number of ether oxygens (including phenoxy) is 1. The highest BCUT2D eigenvalue weighted by Gasteiger charge is 2.13. The van der Waals surface area contributed by atoms with Gasteiger partial charge in [0.2, 0.25) is 17.6 Å². The van der Waals surface area contributed by atoms with E-state index < -0.39 is 0 Å². The van der Waals surface area contributed by atoms with Crippen molar-refractivity contribution >= 4 is 5.91 Å². The molecule has 0 radical (unpaired) electrons. The first-order chi connectivity index (χ1) is 12.3. The molecule has 0 unspecified atom stereocenters. The number of nitrogens with zero attached hydrogens (tertiary/aromatic N) is 3. The van der Waals surface area contributed by atoms with Gasteiger partial charge in [0.25, 0.3) is 0 Å². The fraction of sp³-hybridized carbons (Fsp3) is 0.222. The number of carbonyl (C=O) groups excluding carboxylic acids is 1. The molecular formula is C18H18N4O3. The number of aryl methyl sites for hydroxylation is 1. The first-order valence-electron chi connectivity index (χ1n) is 7.89. The van der Waals surface area contributed by atoms with Crippen molar-refractivity contribution in [3.63, 3.8) is 0 Å². The van der Waals surface area contributed by atoms with Gasteiger partial charge in [0, 0.05) is 19.0 Å². The number of nitrogens with one attached hydrogen (secondary N) is 1. The fourth-order valence-corrected chi connectivity index (χ4v) is 2.30. The fourth-order valence-electron chi connectivity index (χ4n) is 2.30. The van der Waals surface area contributed by atoms with Crippen LogP contribution in [0.15, 0.2) is 53.2 Å². The lowest BCUT2D eigenvalue weighted by Crippen LogP contribution is -2.23. The molecule has 2 heterocycles. The van der Waals surface area contributed by atoms with E-state index in [1.807, 2.05) is 42.5 Å². The summed E-state index contributed by atoms with van der Waals surface area (Å²) in [5, 5.41) is 6.77. The Labute approximate surface area is 145 Å². The van der Waals surface area contributed by atoms with Crippen molar-refractivity contribution in [3.05, 3.63) is 60.2 Å². The molecule has 25 heavy (non-hydrogen) atoms. The summed E-state index contributed by atoms with van der Waals surface area (Å²) in [7, 11) is 1.59. The number of amides is 1. The largest absolute Gasteiger partial charge is 0.496 e. The second-order valence-corrected chi connectivity index (χ2v) is 5.31. The summed E-state index contributed by atoms with van der Waals surface area (Å²) < 4.78 is 10.5. The molecule has 0 fully saturated rings. The van der Waals surface area contributed by atoms with Gasteiger partial charge in [-0.3, -0.25) is 9.78 Å². The molecule has 1 aromatic carbocycles. The smallest absolute Gasteiger partial charge is 0.227 e. The van der Waals surface area contributed by atoms with Gasteiger partial charge in [-0.2, -0.15) is 4.98 Å². The zero-order valence-corrected chi connectivity index (χ0v) is 13.8. The SMILES string of the molecule is COc1ccccc1-c1noc(CCC(=O)NCc2ccccn2)n1. The Bertz CT molecular complexity index is 833. The van der Waals surface area contributed by atoms with Gasteiger partial charge in [-0.05, 0) is 24.3 Å². The van der Waals surface area contributed by atoms with Crippen LogP contribution < -0.4 is 10.1 Å². The Hall–Kier alpha value is -3.22. The van der Waals surface area contributed by atoms with Crippen LogP contribution in [0.3, 0.4) is 0 Å². The third-order valence-electron chi connectivity index (χ3n) is 3.57. The van der Waals surface area contributed by atoms with Crippen LogP contribution in [0.5, 0.6) is 5.75 Å². The van der Waals surface area contributed by atoms with Crippen LogP contribution in [-0.4, -0.2) is 28.1 Å². The van der Waals surface area contributed by atoms with Crippen LogP contribution in [0.1, 0.15) is 18.0 Å². The first-order valence-corrected chi connectivity index (χ1v) is 7.89. The average molecular weight is 338 g/mol. The Morgan fingerprint density at radius 1 is 1.20 bits per heavy atom. The second-order valence-electron chi connectivity index (χ2n) is 5.31. The number of rotatable bonds is 7. The van der Waals surface area contributed by atoms with Crippen molar-refractivity contribution in [1.82, 2.24) is 20.4 Å². The Morgan fingerprint density at radius 3 is 2.84 bits per heavy atom. The quantitative estimate of drug-likeness (QED) is 0.711. The molecule has 3 rings (SSSR count). The summed E-state index contributed by atoms with van der Waals surface area (Å²) in [5.74, 6) is 1.43. The van der Waals surface area contributed by atoms with E-state index in [2.05, 4.69) is 20.4 Å². The van der Waals surface area contributed by atoms with Gasteiger partial charge in [0.15, 0.2) is 0 Å². The van der Waals surface area contributed by atoms with Crippen molar-refractivity contribution in [3.8, 4) is 17.1 Å². The number of pyridine rings is 1. The minimum Gasteiger partial charge on any atom is -0.496 e. The van der Waals surface area contributed by atoms with Crippen LogP contribution >= 0.6 is 0 Å². The van der Waals surface area contributed by atoms with Crippen molar-refractivity contribution in [1.29, 1.82) is 0 Å². The Morgan fingerprint density at radius 2 is 2.04 bits per heavy atom. The van der Waals surface area contributed by atoms with E-state index in [1.165, 1.54) is 0 Å². The number of hydrogen-bond donors (Lipinski definition) is 1. The zero-order chi connectivity index (χ0) is 17.5. The van der Waals surface area contributed by atoms with E-state index >= 15 is 0 Å². The molecule has 1 N–H and O–H groups in total. The summed E-state index contributed by atoms with van der Waals surface area (Å²) in [6.45, 7) is 0.399. The maximum absolute atomic E-state index is 11.9. The van der Waals surface area contributed by atoms with E-state index in [-0.39, 0.29) is 12.3 Å². The molecule has 128 valence electrons. The predicted molar refractivity (Wildman–Crippen MR) is 90.7 cm³/mol. The van der Waals surface area contributed by atoms with Crippen molar-refractivity contribution < 1.29 is 14.1 Å². The van der Waals surface area contributed by atoms with E-state index in [0.717, 1.165) is 11.3 Å². The number of para-hydroxylation sites is 1. The number of aromatic nitrogens is 3. The van der Waals surface area contributed by atoms with Gasteiger partial charge >= 0.3 is 0 Å². The van der Waals surface area contributed by atoms with E-state index in [0.29, 0.717) is 30.4 Å². The molecule has 0 bridgehead atoms. The molecule has 7 nitrogen and oxygen atoms in total. The van der Waals surface area contributed by atoms with Crippen LogP contribution in [0.4, 0.5) is 0 Å². The normalized spacial score (nSPS) is 10.4. The maximum Gasteiger partial charge on any atom is 0.227 e. The van der Waals surface area contributed by atoms with E-state index in [9.17, 15) is 4.79 Å². The molecule has 3 aromatic rings. The van der Waals surface area contributed by atoms with Crippen LogP contribution in [-0.2, 0) is 17.8 Å². The molecule has 0 saturated carbocycles. The van der Waals surface area contributed by atoms with Gasteiger partial charge in [-0.1, -0.05) is 23.4 Å². The molecule has 7 heteroatoms. The monoisotopic (exact) mass is 338 g/mol. The van der Waals surface area contributed by atoms with Gasteiger partial charge in [0.05, 0.1) is 24.9 Å². The Kier molecular flexibility index (Phi) is 5.36.